The summed E-state index contributed by atoms with van der Waals surface area (Å²) in [5, 5.41) is 0. The third-order valence-corrected chi connectivity index (χ3v) is 0. The summed E-state index contributed by atoms with van der Waals surface area (Å²) >= 11 is 0. The molecule has 0 aromatic rings. The number of hydrogen-bond donors (Lipinski definition) is 1. The average molecular weight is 166 g/mol. The van der Waals surface area contributed by atoms with Gasteiger partial charge in [-0.1, -0.05) is 0 Å². The van der Waals surface area contributed by atoms with Gasteiger partial charge in [-0.2, -0.15) is 9.90 Å². The Hall–Kier alpha value is 2.71. The fraction of sp³-hybridized carbons (Fsp3) is 0. The van der Waals surface area contributed by atoms with Crippen LogP contribution in [0.4, 0.5) is 0 Å². The Morgan fingerprint density at radius 1 is 1.00 bits per heavy atom. The van der Waals surface area contributed by atoms with Crippen molar-refractivity contribution in [2.75, 3.05) is 0 Å². The van der Waals surface area contributed by atoms with Gasteiger partial charge >= 0.3 is 0 Å². The fourth-order valence-electron chi connectivity index (χ4n) is 0. The SMILES string of the molecule is N.P.[B].[K].[Zn]. The summed E-state index contributed by atoms with van der Waals surface area (Å²) in [5.74, 6) is 0. The van der Waals surface area contributed by atoms with Gasteiger partial charge in [-0.15, -0.1) is 0 Å². The number of rotatable bonds is 0. The first-order chi connectivity index (χ1) is 0. The van der Waals surface area contributed by atoms with Crippen LogP contribution in [0.5, 0.6) is 0 Å². The van der Waals surface area contributed by atoms with Crippen LogP contribution in [-0.2, 0) is 19.5 Å². The summed E-state index contributed by atoms with van der Waals surface area (Å²) in [5.41, 5.74) is 0. The Labute approximate surface area is 93.4 Å². The maximum Gasteiger partial charge on any atom is 0 e. The van der Waals surface area contributed by atoms with Crippen molar-refractivity contribution in [1.82, 2.24) is 6.15 Å². The first-order valence-electron chi connectivity index (χ1n) is 0. The molecular weight excluding hydrogens is 160 g/mol. The first kappa shape index (κ1) is 47.2. The molecule has 0 bridgehead atoms. The van der Waals surface area contributed by atoms with E-state index in [1.165, 1.54) is 0 Å². The van der Waals surface area contributed by atoms with Crippen molar-refractivity contribution >= 4 is 69.7 Å². The average Bonchev–Trinajstić information content (AvgIpc) is 0. The van der Waals surface area contributed by atoms with Crippen LogP contribution < -0.4 is 6.15 Å². The Morgan fingerprint density at radius 3 is 1.00 bits per heavy atom. The molecule has 0 aromatic heterocycles. The third-order valence-electron chi connectivity index (χ3n) is 0. The van der Waals surface area contributed by atoms with E-state index in [9.17, 15) is 0 Å². The molecule has 1 unspecified atom stereocenters. The van der Waals surface area contributed by atoms with Crippen LogP contribution in [0.15, 0.2) is 0 Å². The van der Waals surface area contributed by atoms with Crippen LogP contribution in [-0.4, -0.2) is 59.8 Å². The minimum Gasteiger partial charge on any atom is -0.344 e. The molecule has 0 aliphatic heterocycles. The van der Waals surface area contributed by atoms with Crippen LogP contribution in [0.25, 0.3) is 0 Å². The standard InChI is InChI=1S/B.K.H3N.H3P.Zn/h;;2*1H3;. The smallest absolute Gasteiger partial charge is 0 e. The van der Waals surface area contributed by atoms with Crippen LogP contribution in [0.3, 0.4) is 0 Å². The monoisotopic (exact) mass is 165 g/mol. The van der Waals surface area contributed by atoms with Gasteiger partial charge in [0.15, 0.2) is 0 Å². The van der Waals surface area contributed by atoms with E-state index in [1.54, 1.807) is 0 Å². The third kappa shape index (κ3) is 20.3. The van der Waals surface area contributed by atoms with Crippen molar-refractivity contribution in [3.63, 3.8) is 0 Å². The van der Waals surface area contributed by atoms with Gasteiger partial charge in [0.1, 0.15) is 0 Å². The molecule has 0 spiro atoms. The first-order valence-corrected chi connectivity index (χ1v) is 0. The molecule has 0 aromatic carbocycles. The zero-order valence-electron chi connectivity index (χ0n) is 3.70. The van der Waals surface area contributed by atoms with Crippen LogP contribution >= 0.6 is 9.90 Å². The van der Waals surface area contributed by atoms with Crippen LogP contribution in [0.2, 0.25) is 0 Å². The van der Waals surface area contributed by atoms with Crippen molar-refractivity contribution in [3.8, 4) is 0 Å². The normalized spacial score (nSPS) is 0. The van der Waals surface area contributed by atoms with Gasteiger partial charge in [0.05, 0.1) is 0 Å². The van der Waals surface area contributed by atoms with E-state index in [-0.39, 0.29) is 95.3 Å². The zero-order chi connectivity index (χ0) is 0. The van der Waals surface area contributed by atoms with Crippen LogP contribution in [0, 0.1) is 0 Å². The summed E-state index contributed by atoms with van der Waals surface area (Å²) in [7, 11) is 0. The second-order valence-electron chi connectivity index (χ2n) is 0. The molecule has 1 atom stereocenters. The van der Waals surface area contributed by atoms with Crippen molar-refractivity contribution in [1.29, 1.82) is 0 Å². The number of hydrogen-bond acceptors (Lipinski definition) is 1. The van der Waals surface area contributed by atoms with E-state index in [1.807, 2.05) is 0 Å². The van der Waals surface area contributed by atoms with E-state index in [0.717, 1.165) is 0 Å². The largest absolute Gasteiger partial charge is 0.344 e. The Morgan fingerprint density at radius 2 is 1.00 bits per heavy atom. The topological polar surface area (TPSA) is 35.0 Å². The van der Waals surface area contributed by atoms with Crippen molar-refractivity contribution in [2.45, 2.75) is 0 Å². The Balaban J connectivity index is 0. The van der Waals surface area contributed by atoms with Gasteiger partial charge in [-0.25, -0.2) is 0 Å². The van der Waals surface area contributed by atoms with E-state index >= 15 is 0 Å². The summed E-state index contributed by atoms with van der Waals surface area (Å²) < 4.78 is 0. The predicted octanol–water partition coefficient (Wildman–Crippen LogP) is -0.544. The molecule has 5 heavy (non-hydrogen) atoms. The van der Waals surface area contributed by atoms with Gasteiger partial charge in [0.25, 0.3) is 0 Å². The molecule has 22 valence electrons. The quantitative estimate of drug-likeness (QED) is 0.380. The van der Waals surface area contributed by atoms with Gasteiger partial charge < -0.3 is 6.15 Å². The summed E-state index contributed by atoms with van der Waals surface area (Å²) in [4.78, 5) is 0. The molecular formula is H6BKNPZn. The van der Waals surface area contributed by atoms with Crippen LogP contribution in [0.1, 0.15) is 0 Å². The van der Waals surface area contributed by atoms with Gasteiger partial charge in [0, 0.05) is 79.3 Å². The summed E-state index contributed by atoms with van der Waals surface area (Å²) in [6.07, 6.45) is 0. The molecule has 0 fully saturated rings. The molecule has 0 amide bonds. The Kier molecular flexibility index (Phi) is 281. The molecule has 0 aliphatic carbocycles. The zero-order valence-corrected chi connectivity index (χ0v) is 11.2. The molecule has 5 heteroatoms. The molecule has 0 aliphatic rings. The molecule has 0 rings (SSSR count). The molecule has 0 saturated heterocycles. The summed E-state index contributed by atoms with van der Waals surface area (Å²) in [6, 6.07) is 0. The van der Waals surface area contributed by atoms with E-state index in [0.29, 0.717) is 0 Å². The predicted molar refractivity (Wildman–Crippen MR) is 27.6 cm³/mol. The van der Waals surface area contributed by atoms with E-state index < -0.39 is 0 Å². The minimum absolute atomic E-state index is 0. The van der Waals surface area contributed by atoms with Gasteiger partial charge in [-0.05, 0) is 0 Å². The minimum atomic E-state index is 0. The van der Waals surface area contributed by atoms with E-state index in [4.69, 9.17) is 0 Å². The molecule has 1 nitrogen and oxygen atoms in total. The second-order valence-corrected chi connectivity index (χ2v) is 0. The maximum absolute atomic E-state index is 0. The van der Waals surface area contributed by atoms with Gasteiger partial charge in [0.2, 0.25) is 0 Å². The molecule has 4 radical (unpaired) electrons. The maximum atomic E-state index is 0. The van der Waals surface area contributed by atoms with Gasteiger partial charge in [-0.3, -0.25) is 0 Å². The Bertz CT molecular complexity index is 11.6. The molecule has 0 heterocycles. The van der Waals surface area contributed by atoms with Crippen molar-refractivity contribution < 1.29 is 19.5 Å². The van der Waals surface area contributed by atoms with Crippen molar-refractivity contribution in [2.24, 2.45) is 0 Å². The van der Waals surface area contributed by atoms with Crippen molar-refractivity contribution in [3.05, 3.63) is 0 Å². The molecule has 0 saturated carbocycles. The summed E-state index contributed by atoms with van der Waals surface area (Å²) in [6.45, 7) is 0. The van der Waals surface area contributed by atoms with E-state index in [2.05, 4.69) is 0 Å². The fourth-order valence-corrected chi connectivity index (χ4v) is 0. The second kappa shape index (κ2) is 29.8. The molecule has 3 N–H and O–H groups in total.